The average Bonchev–Trinajstić information content (AvgIpc) is 2.84. The van der Waals surface area contributed by atoms with Crippen LogP contribution < -0.4 is 0 Å². The topological polar surface area (TPSA) is 36.4 Å². The van der Waals surface area contributed by atoms with E-state index in [1.54, 1.807) is 18.3 Å². The Hall–Kier alpha value is -2.27. The van der Waals surface area contributed by atoms with Gasteiger partial charge in [-0.05, 0) is 56.1 Å². The highest BCUT2D eigenvalue weighted by atomic mass is 19.1. The van der Waals surface area contributed by atoms with Gasteiger partial charge in [-0.2, -0.15) is 0 Å². The van der Waals surface area contributed by atoms with Crippen molar-refractivity contribution < 1.29 is 9.18 Å². The van der Waals surface area contributed by atoms with Crippen LogP contribution in [-0.2, 0) is 6.42 Å². The predicted octanol–water partition coefficient (Wildman–Crippen LogP) is 4.29. The van der Waals surface area contributed by atoms with Crippen molar-refractivity contribution in [1.29, 1.82) is 0 Å². The van der Waals surface area contributed by atoms with Gasteiger partial charge in [-0.15, -0.1) is 0 Å². The molecule has 0 spiro atoms. The Kier molecular flexibility index (Phi) is 4.89. The second kappa shape index (κ2) is 7.45. The zero-order chi connectivity index (χ0) is 20.9. The molecule has 1 amide bonds. The number of hydrogen-bond acceptors (Lipinski definition) is 3. The van der Waals surface area contributed by atoms with Crippen LogP contribution >= 0.6 is 0 Å². The molecule has 2 saturated heterocycles. The number of hydrogen-bond donors (Lipinski definition) is 0. The molecular formula is C25H30FN3O. The van der Waals surface area contributed by atoms with Crippen LogP contribution in [0.5, 0.6) is 0 Å². The van der Waals surface area contributed by atoms with Crippen molar-refractivity contribution in [3.05, 3.63) is 65.2 Å². The maximum absolute atomic E-state index is 13.6. The summed E-state index contributed by atoms with van der Waals surface area (Å²) in [5, 5.41) is 0. The molecule has 1 aromatic heterocycles. The lowest BCUT2D eigenvalue weighted by molar-refractivity contribution is 0.0577. The number of carbonyl (C=O) groups excluding carboxylic acids is 1. The summed E-state index contributed by atoms with van der Waals surface area (Å²) in [6.45, 7) is 3.38. The lowest BCUT2D eigenvalue weighted by Crippen LogP contribution is -2.51. The van der Waals surface area contributed by atoms with Gasteiger partial charge in [-0.1, -0.05) is 31.9 Å². The molecule has 0 N–H and O–H groups in total. The van der Waals surface area contributed by atoms with E-state index >= 15 is 0 Å². The third kappa shape index (κ3) is 3.24. The van der Waals surface area contributed by atoms with Gasteiger partial charge in [0.2, 0.25) is 0 Å². The first-order valence-electron chi connectivity index (χ1n) is 11.2. The first-order valence-corrected chi connectivity index (χ1v) is 11.2. The van der Waals surface area contributed by atoms with E-state index in [2.05, 4.69) is 28.8 Å². The molecular weight excluding hydrogens is 377 g/mol. The predicted molar refractivity (Wildman–Crippen MR) is 115 cm³/mol. The highest BCUT2D eigenvalue weighted by Crippen LogP contribution is 2.53. The largest absolute Gasteiger partial charge is 0.331 e. The molecule has 3 fully saturated rings. The van der Waals surface area contributed by atoms with E-state index in [1.165, 1.54) is 31.4 Å². The number of pyridine rings is 1. The highest BCUT2D eigenvalue weighted by Gasteiger charge is 2.59. The Morgan fingerprint density at radius 2 is 1.87 bits per heavy atom. The number of likely N-dealkylation sites (tertiary alicyclic amines) is 2. The minimum absolute atomic E-state index is 0.130. The van der Waals surface area contributed by atoms with Crippen LogP contribution in [0.15, 0.2) is 42.6 Å². The molecule has 4 atom stereocenters. The molecule has 2 aromatic rings. The fourth-order valence-electron chi connectivity index (χ4n) is 6.41. The van der Waals surface area contributed by atoms with Gasteiger partial charge < -0.3 is 9.80 Å². The fraction of sp³-hybridized carbons (Fsp3) is 0.520. The van der Waals surface area contributed by atoms with Gasteiger partial charge in [0.05, 0.1) is 5.56 Å². The van der Waals surface area contributed by atoms with Crippen molar-refractivity contribution in [2.75, 3.05) is 13.6 Å². The molecule has 30 heavy (non-hydrogen) atoms. The molecule has 5 heteroatoms. The Morgan fingerprint density at radius 3 is 2.57 bits per heavy atom. The van der Waals surface area contributed by atoms with Crippen molar-refractivity contribution in [3.63, 3.8) is 0 Å². The molecule has 3 aliphatic rings. The van der Waals surface area contributed by atoms with E-state index in [9.17, 15) is 9.18 Å². The Labute approximate surface area is 178 Å². The molecule has 5 rings (SSSR count). The monoisotopic (exact) mass is 407 g/mol. The van der Waals surface area contributed by atoms with E-state index in [0.29, 0.717) is 30.1 Å². The summed E-state index contributed by atoms with van der Waals surface area (Å²) in [4.78, 5) is 22.8. The summed E-state index contributed by atoms with van der Waals surface area (Å²) in [6.07, 6.45) is 8.30. The van der Waals surface area contributed by atoms with Crippen LogP contribution in [-0.4, -0.2) is 52.4 Å². The second-order valence-electron chi connectivity index (χ2n) is 9.67. The van der Waals surface area contributed by atoms with E-state index in [1.807, 2.05) is 12.1 Å². The van der Waals surface area contributed by atoms with Crippen molar-refractivity contribution in [3.8, 4) is 0 Å². The van der Waals surface area contributed by atoms with Crippen molar-refractivity contribution in [2.24, 2.45) is 5.41 Å². The Balaban J connectivity index is 1.37. The number of halogens is 1. The fourth-order valence-corrected chi connectivity index (χ4v) is 6.41. The number of nitrogens with zero attached hydrogens (tertiary/aromatic N) is 3. The lowest BCUT2D eigenvalue weighted by atomic mass is 9.71. The highest BCUT2D eigenvalue weighted by molar-refractivity contribution is 5.94. The smallest absolute Gasteiger partial charge is 0.255 e. The summed E-state index contributed by atoms with van der Waals surface area (Å²) >= 11 is 0. The molecule has 2 aliphatic heterocycles. The third-order valence-electron chi connectivity index (χ3n) is 7.77. The first-order chi connectivity index (χ1) is 14.5. The van der Waals surface area contributed by atoms with Crippen LogP contribution in [0.3, 0.4) is 0 Å². The van der Waals surface area contributed by atoms with E-state index in [4.69, 9.17) is 0 Å². The Morgan fingerprint density at radius 1 is 1.13 bits per heavy atom. The molecule has 1 aliphatic carbocycles. The summed E-state index contributed by atoms with van der Waals surface area (Å²) in [5.74, 6) is -0.103. The quantitative estimate of drug-likeness (QED) is 0.762. The van der Waals surface area contributed by atoms with Crippen LogP contribution in [0.4, 0.5) is 4.39 Å². The SMILES string of the molecule is CN1C[C@@H]2C[C@@]3(C)[C@H](CCCC[C@@H]13)N2C(=O)c1ccc(Cc2ccc(F)cc2)nc1. The molecule has 2 bridgehead atoms. The molecule has 158 valence electrons. The minimum atomic E-state index is -0.233. The summed E-state index contributed by atoms with van der Waals surface area (Å²) < 4.78 is 13.1. The number of amides is 1. The standard InChI is InChI=1S/C25H30FN3O/c1-25-14-21-16-28(2)22(25)5-3-4-6-23(25)29(21)24(30)18-9-12-20(27-15-18)13-17-7-10-19(26)11-8-17/h7-12,15,21-23H,3-6,13-14,16H2,1-2H3/t21-,22+,23-,25+/m0/s1. The van der Waals surface area contributed by atoms with Crippen LogP contribution in [0.2, 0.25) is 0 Å². The second-order valence-corrected chi connectivity index (χ2v) is 9.67. The van der Waals surface area contributed by atoms with E-state index in [-0.39, 0.29) is 17.1 Å². The van der Waals surface area contributed by atoms with Crippen LogP contribution in [0, 0.1) is 11.2 Å². The number of fused-ring (bicyclic) bond motifs is 1. The molecule has 1 aromatic carbocycles. The molecule has 0 radical (unpaired) electrons. The van der Waals surface area contributed by atoms with Gasteiger partial charge in [0.15, 0.2) is 0 Å². The normalized spacial score (nSPS) is 30.9. The number of piperidine rings is 1. The van der Waals surface area contributed by atoms with Gasteiger partial charge in [0.1, 0.15) is 5.82 Å². The zero-order valence-corrected chi connectivity index (χ0v) is 17.9. The summed E-state index contributed by atoms with van der Waals surface area (Å²) in [5.41, 5.74) is 2.77. The maximum atomic E-state index is 13.6. The number of likely N-dealkylation sites (N-methyl/N-ethyl adjacent to an activating group) is 1. The zero-order valence-electron chi connectivity index (χ0n) is 17.9. The third-order valence-corrected chi connectivity index (χ3v) is 7.77. The average molecular weight is 408 g/mol. The number of rotatable bonds is 3. The lowest BCUT2D eigenvalue weighted by Gasteiger charge is -2.44. The molecule has 4 nitrogen and oxygen atoms in total. The van der Waals surface area contributed by atoms with Gasteiger partial charge in [0, 0.05) is 48.4 Å². The minimum Gasteiger partial charge on any atom is -0.331 e. The van der Waals surface area contributed by atoms with Gasteiger partial charge in [0.25, 0.3) is 5.91 Å². The van der Waals surface area contributed by atoms with Gasteiger partial charge in [-0.25, -0.2) is 4.39 Å². The van der Waals surface area contributed by atoms with Gasteiger partial charge >= 0.3 is 0 Å². The summed E-state index contributed by atoms with van der Waals surface area (Å²) in [7, 11) is 2.23. The van der Waals surface area contributed by atoms with Crippen molar-refractivity contribution in [2.45, 2.75) is 63.6 Å². The number of benzene rings is 1. The van der Waals surface area contributed by atoms with E-state index < -0.39 is 0 Å². The number of aromatic nitrogens is 1. The van der Waals surface area contributed by atoms with E-state index in [0.717, 1.165) is 30.6 Å². The molecule has 1 saturated carbocycles. The van der Waals surface area contributed by atoms with Crippen molar-refractivity contribution >= 4 is 5.91 Å². The maximum Gasteiger partial charge on any atom is 0.255 e. The number of carbonyl (C=O) groups is 1. The molecule has 0 unspecified atom stereocenters. The Bertz CT molecular complexity index is 928. The van der Waals surface area contributed by atoms with Crippen LogP contribution in [0.1, 0.15) is 60.6 Å². The first kappa shape index (κ1) is 19.7. The van der Waals surface area contributed by atoms with Crippen LogP contribution in [0.25, 0.3) is 0 Å². The van der Waals surface area contributed by atoms with Gasteiger partial charge in [-0.3, -0.25) is 9.78 Å². The van der Waals surface area contributed by atoms with Crippen molar-refractivity contribution in [1.82, 2.24) is 14.8 Å². The summed E-state index contributed by atoms with van der Waals surface area (Å²) in [6, 6.07) is 11.5. The molecule has 3 heterocycles.